The number of hydrogen-bond acceptors (Lipinski definition) is 2. The van der Waals surface area contributed by atoms with Gasteiger partial charge in [0.15, 0.2) is 0 Å². The molecule has 0 aliphatic rings. The van der Waals surface area contributed by atoms with Crippen molar-refractivity contribution in [1.82, 2.24) is 0 Å². The van der Waals surface area contributed by atoms with E-state index in [1.807, 2.05) is 60.7 Å². The monoisotopic (exact) mass is 337 g/mol. The van der Waals surface area contributed by atoms with Gasteiger partial charge in [-0.3, -0.25) is 0 Å². The van der Waals surface area contributed by atoms with Crippen LogP contribution in [0.25, 0.3) is 11.1 Å². The second-order valence-electron chi connectivity index (χ2n) is 4.65. The third kappa shape index (κ3) is 3.85. The van der Waals surface area contributed by atoms with Gasteiger partial charge < -0.3 is 4.74 Å². The molecule has 3 aromatic carbocycles. The van der Waals surface area contributed by atoms with Crippen molar-refractivity contribution in [2.75, 3.05) is 0 Å². The zero-order valence-electron chi connectivity index (χ0n) is 11.7. The van der Waals surface area contributed by atoms with E-state index >= 15 is 0 Å². The standard InChI is InChI=1S/C19H14O2.Cu/c20-19(21-18-9-5-2-6-10-18)17-13-11-16(12-14-17)15-7-3-1-4-8-15;/h1-14H;. The predicted molar refractivity (Wildman–Crippen MR) is 83.3 cm³/mol. The van der Waals surface area contributed by atoms with Gasteiger partial charge in [0.05, 0.1) is 5.56 Å². The van der Waals surface area contributed by atoms with Gasteiger partial charge in [0.25, 0.3) is 0 Å². The van der Waals surface area contributed by atoms with Crippen LogP contribution in [0.15, 0.2) is 84.9 Å². The van der Waals surface area contributed by atoms with Crippen LogP contribution >= 0.6 is 0 Å². The van der Waals surface area contributed by atoms with E-state index in [1.54, 1.807) is 24.3 Å². The van der Waals surface area contributed by atoms with Crippen LogP contribution in [0.5, 0.6) is 5.75 Å². The van der Waals surface area contributed by atoms with Crippen molar-refractivity contribution >= 4 is 5.97 Å². The largest absolute Gasteiger partial charge is 0.423 e. The van der Waals surface area contributed by atoms with Gasteiger partial charge in [-0.25, -0.2) is 4.79 Å². The first-order valence-electron chi connectivity index (χ1n) is 6.76. The fourth-order valence-electron chi connectivity index (χ4n) is 2.08. The summed E-state index contributed by atoms with van der Waals surface area (Å²) in [6, 6.07) is 26.5. The topological polar surface area (TPSA) is 26.3 Å². The molecule has 3 rings (SSSR count). The van der Waals surface area contributed by atoms with Gasteiger partial charge in [0.1, 0.15) is 5.75 Å². The number of para-hydroxylation sites is 1. The first-order chi connectivity index (χ1) is 10.3. The molecule has 3 heteroatoms. The van der Waals surface area contributed by atoms with Crippen molar-refractivity contribution in [3.8, 4) is 16.9 Å². The predicted octanol–water partition coefficient (Wildman–Crippen LogP) is 4.57. The molecule has 0 atom stereocenters. The number of hydrogen-bond donors (Lipinski definition) is 0. The first-order valence-corrected chi connectivity index (χ1v) is 6.76. The molecule has 0 saturated heterocycles. The van der Waals surface area contributed by atoms with Crippen molar-refractivity contribution in [1.29, 1.82) is 0 Å². The second-order valence-corrected chi connectivity index (χ2v) is 4.65. The number of esters is 1. The molecule has 0 heterocycles. The van der Waals surface area contributed by atoms with E-state index in [9.17, 15) is 4.79 Å². The van der Waals surface area contributed by atoms with Crippen molar-refractivity contribution in [2.45, 2.75) is 0 Å². The Labute approximate surface area is 140 Å². The summed E-state index contributed by atoms with van der Waals surface area (Å²) < 4.78 is 5.31. The zero-order chi connectivity index (χ0) is 14.5. The fourth-order valence-corrected chi connectivity index (χ4v) is 2.08. The Hall–Kier alpha value is -2.35. The summed E-state index contributed by atoms with van der Waals surface area (Å²) in [6.07, 6.45) is 0. The van der Waals surface area contributed by atoms with E-state index in [0.29, 0.717) is 11.3 Å². The normalized spacial score (nSPS) is 9.64. The van der Waals surface area contributed by atoms with Gasteiger partial charge >= 0.3 is 5.97 Å². The molecule has 0 aliphatic heterocycles. The van der Waals surface area contributed by atoms with E-state index in [0.717, 1.165) is 11.1 Å². The molecule has 1 radical (unpaired) electrons. The molecule has 0 aromatic heterocycles. The van der Waals surface area contributed by atoms with Crippen LogP contribution in [-0.4, -0.2) is 5.97 Å². The molecule has 0 saturated carbocycles. The van der Waals surface area contributed by atoms with Crippen LogP contribution in [0.3, 0.4) is 0 Å². The van der Waals surface area contributed by atoms with Crippen molar-refractivity contribution in [3.63, 3.8) is 0 Å². The van der Waals surface area contributed by atoms with Gasteiger partial charge in [-0.15, -0.1) is 0 Å². The van der Waals surface area contributed by atoms with Gasteiger partial charge in [-0.2, -0.15) is 0 Å². The maximum Gasteiger partial charge on any atom is 0.343 e. The third-order valence-corrected chi connectivity index (χ3v) is 3.18. The number of carbonyl (C=O) groups excluding carboxylic acids is 1. The van der Waals surface area contributed by atoms with Crippen molar-refractivity contribution in [2.24, 2.45) is 0 Å². The molecular formula is C19H14CuO2. The van der Waals surface area contributed by atoms with Gasteiger partial charge in [0, 0.05) is 17.1 Å². The third-order valence-electron chi connectivity index (χ3n) is 3.18. The minimum atomic E-state index is -0.346. The minimum absolute atomic E-state index is 0. The number of ether oxygens (including phenoxy) is 1. The molecule has 0 spiro atoms. The number of rotatable bonds is 3. The fraction of sp³-hybridized carbons (Fsp3) is 0. The molecule has 0 fully saturated rings. The Morgan fingerprint density at radius 3 is 1.73 bits per heavy atom. The van der Waals surface area contributed by atoms with Crippen LogP contribution < -0.4 is 4.74 Å². The molecule has 0 amide bonds. The summed E-state index contributed by atoms with van der Waals surface area (Å²) in [5.74, 6) is 0.204. The first kappa shape index (κ1) is 16.0. The molecule has 0 N–H and O–H groups in total. The van der Waals surface area contributed by atoms with Crippen LogP contribution in [0.2, 0.25) is 0 Å². The SMILES string of the molecule is O=C(Oc1ccccc1)c1ccc(-c2ccccc2)cc1.[Cu]. The summed E-state index contributed by atoms with van der Waals surface area (Å²) in [5.41, 5.74) is 2.74. The van der Waals surface area contributed by atoms with Crippen LogP contribution in [0.1, 0.15) is 10.4 Å². The van der Waals surface area contributed by atoms with E-state index in [4.69, 9.17) is 4.74 Å². The quantitative estimate of drug-likeness (QED) is 0.397. The van der Waals surface area contributed by atoms with Crippen molar-refractivity contribution < 1.29 is 26.6 Å². The molecule has 113 valence electrons. The Morgan fingerprint density at radius 1 is 0.636 bits per heavy atom. The molecule has 0 unspecified atom stereocenters. The van der Waals surface area contributed by atoms with Crippen molar-refractivity contribution in [3.05, 3.63) is 90.5 Å². The van der Waals surface area contributed by atoms with Crippen LogP contribution in [0.4, 0.5) is 0 Å². The zero-order valence-corrected chi connectivity index (χ0v) is 12.6. The maximum absolute atomic E-state index is 12.0. The summed E-state index contributed by atoms with van der Waals surface area (Å²) in [4.78, 5) is 12.0. The smallest absolute Gasteiger partial charge is 0.343 e. The summed E-state index contributed by atoms with van der Waals surface area (Å²) in [5, 5.41) is 0. The summed E-state index contributed by atoms with van der Waals surface area (Å²) in [7, 11) is 0. The molecule has 0 aliphatic carbocycles. The van der Waals surface area contributed by atoms with E-state index in [2.05, 4.69) is 0 Å². The molecule has 0 bridgehead atoms. The van der Waals surface area contributed by atoms with E-state index < -0.39 is 0 Å². The Bertz CT molecular complexity index is 722. The summed E-state index contributed by atoms with van der Waals surface area (Å²) >= 11 is 0. The average Bonchev–Trinajstić information content (AvgIpc) is 2.57. The van der Waals surface area contributed by atoms with Gasteiger partial charge in [0.2, 0.25) is 0 Å². The molecule has 22 heavy (non-hydrogen) atoms. The second kappa shape index (κ2) is 7.60. The van der Waals surface area contributed by atoms with Crippen LogP contribution in [-0.2, 0) is 17.1 Å². The maximum atomic E-state index is 12.0. The Balaban J connectivity index is 0.00000176. The Kier molecular flexibility index (Phi) is 5.54. The molecular weight excluding hydrogens is 324 g/mol. The van der Waals surface area contributed by atoms with Gasteiger partial charge in [-0.05, 0) is 35.4 Å². The van der Waals surface area contributed by atoms with E-state index in [1.165, 1.54) is 0 Å². The average molecular weight is 338 g/mol. The number of benzene rings is 3. The van der Waals surface area contributed by atoms with Gasteiger partial charge in [-0.1, -0.05) is 60.7 Å². The molecule has 3 aromatic rings. The van der Waals surface area contributed by atoms with Crippen LogP contribution in [0, 0.1) is 0 Å². The minimum Gasteiger partial charge on any atom is -0.423 e. The van der Waals surface area contributed by atoms with E-state index in [-0.39, 0.29) is 23.0 Å². The molecule has 2 nitrogen and oxygen atoms in total. The Morgan fingerprint density at radius 2 is 1.14 bits per heavy atom. The summed E-state index contributed by atoms with van der Waals surface area (Å²) in [6.45, 7) is 0. The number of carbonyl (C=O) groups is 1.